The first kappa shape index (κ1) is 14.0. The van der Waals surface area contributed by atoms with Gasteiger partial charge in [0, 0.05) is 10.0 Å². The summed E-state index contributed by atoms with van der Waals surface area (Å²) >= 11 is 9.02. The Kier molecular flexibility index (Phi) is 4.22. The van der Waals surface area contributed by atoms with Gasteiger partial charge in [-0.15, -0.1) is 0 Å². The van der Waals surface area contributed by atoms with Gasteiger partial charge in [-0.3, -0.25) is 4.79 Å². The lowest BCUT2D eigenvalue weighted by atomic mass is 10.1. The molecule has 0 saturated heterocycles. The molecule has 2 aromatic rings. The molecule has 0 bridgehead atoms. The van der Waals surface area contributed by atoms with Gasteiger partial charge in [-0.2, -0.15) is 0 Å². The molecular weight excluding hydrogens is 333 g/mol. The number of benzene rings is 2. The van der Waals surface area contributed by atoms with Crippen molar-refractivity contribution in [3.05, 3.63) is 62.8 Å². The Hall–Kier alpha value is -1.39. The second-order valence-corrected chi connectivity index (χ2v) is 5.23. The van der Waals surface area contributed by atoms with Crippen LogP contribution in [0.2, 0.25) is 5.02 Å². The summed E-state index contributed by atoms with van der Waals surface area (Å²) in [6.45, 7) is 1.81. The van der Waals surface area contributed by atoms with E-state index < -0.39 is 5.82 Å². The number of halogens is 3. The number of anilines is 1. The van der Waals surface area contributed by atoms with Crippen LogP contribution < -0.4 is 5.32 Å². The number of hydrogen-bond acceptors (Lipinski definition) is 1. The normalized spacial score (nSPS) is 10.3. The number of amides is 1. The van der Waals surface area contributed by atoms with Gasteiger partial charge in [0.05, 0.1) is 10.7 Å². The van der Waals surface area contributed by atoms with Crippen LogP contribution in [-0.4, -0.2) is 5.91 Å². The lowest BCUT2D eigenvalue weighted by Gasteiger charge is -2.10. The highest BCUT2D eigenvalue weighted by molar-refractivity contribution is 9.10. The van der Waals surface area contributed by atoms with Gasteiger partial charge in [0.25, 0.3) is 5.91 Å². The SMILES string of the molecule is Cc1c(Br)cccc1C(=O)Nc1cccc(Cl)c1F. The minimum absolute atomic E-state index is 0.0243. The molecule has 0 aliphatic carbocycles. The smallest absolute Gasteiger partial charge is 0.256 e. The van der Waals surface area contributed by atoms with Crippen LogP contribution in [0.5, 0.6) is 0 Å². The standard InChI is InChI=1S/C14H10BrClFNO/c1-8-9(4-2-5-10(8)15)14(19)18-12-7-3-6-11(16)13(12)17/h2-7H,1H3,(H,18,19). The molecule has 1 N–H and O–H groups in total. The van der Waals surface area contributed by atoms with Crippen molar-refractivity contribution in [2.24, 2.45) is 0 Å². The van der Waals surface area contributed by atoms with Crippen LogP contribution in [0.4, 0.5) is 10.1 Å². The number of hydrogen-bond donors (Lipinski definition) is 1. The number of carbonyl (C=O) groups is 1. The van der Waals surface area contributed by atoms with E-state index in [0.717, 1.165) is 10.0 Å². The summed E-state index contributed by atoms with van der Waals surface area (Å²) in [7, 11) is 0. The summed E-state index contributed by atoms with van der Waals surface area (Å²) in [5.41, 5.74) is 1.34. The lowest BCUT2D eigenvalue weighted by molar-refractivity contribution is 0.102. The van der Waals surface area contributed by atoms with Gasteiger partial charge in [-0.1, -0.05) is 39.7 Å². The average molecular weight is 343 g/mol. The van der Waals surface area contributed by atoms with Gasteiger partial charge >= 0.3 is 0 Å². The first-order chi connectivity index (χ1) is 9.00. The Morgan fingerprint density at radius 2 is 1.95 bits per heavy atom. The highest BCUT2D eigenvalue weighted by Gasteiger charge is 2.14. The first-order valence-electron chi connectivity index (χ1n) is 5.51. The van der Waals surface area contributed by atoms with E-state index in [1.165, 1.54) is 12.1 Å². The average Bonchev–Trinajstić information content (AvgIpc) is 2.38. The van der Waals surface area contributed by atoms with Crippen molar-refractivity contribution in [3.63, 3.8) is 0 Å². The van der Waals surface area contributed by atoms with Gasteiger partial charge in [0.15, 0.2) is 5.82 Å². The highest BCUT2D eigenvalue weighted by atomic mass is 79.9. The van der Waals surface area contributed by atoms with Crippen molar-refractivity contribution in [2.75, 3.05) is 5.32 Å². The fourth-order valence-electron chi connectivity index (χ4n) is 1.64. The molecule has 0 fully saturated rings. The molecule has 0 saturated carbocycles. The molecule has 98 valence electrons. The summed E-state index contributed by atoms with van der Waals surface area (Å²) < 4.78 is 14.5. The monoisotopic (exact) mass is 341 g/mol. The molecule has 0 radical (unpaired) electrons. The van der Waals surface area contributed by atoms with E-state index in [4.69, 9.17) is 11.6 Å². The van der Waals surface area contributed by atoms with Crippen molar-refractivity contribution in [2.45, 2.75) is 6.92 Å². The Morgan fingerprint density at radius 1 is 1.26 bits per heavy atom. The Labute approximate surface area is 123 Å². The molecule has 1 amide bonds. The van der Waals surface area contributed by atoms with E-state index >= 15 is 0 Å². The van der Waals surface area contributed by atoms with E-state index in [1.807, 2.05) is 13.0 Å². The summed E-state index contributed by atoms with van der Waals surface area (Å²) in [5.74, 6) is -1.01. The fraction of sp³-hybridized carbons (Fsp3) is 0.0714. The lowest BCUT2D eigenvalue weighted by Crippen LogP contribution is -2.14. The zero-order chi connectivity index (χ0) is 14.0. The maximum absolute atomic E-state index is 13.7. The molecule has 0 unspecified atom stereocenters. The second-order valence-electron chi connectivity index (χ2n) is 3.97. The molecule has 2 rings (SSSR count). The van der Waals surface area contributed by atoms with E-state index in [9.17, 15) is 9.18 Å². The van der Waals surface area contributed by atoms with Gasteiger partial charge in [0.1, 0.15) is 0 Å². The molecule has 0 heterocycles. The predicted octanol–water partition coefficient (Wildman–Crippen LogP) is 4.80. The van der Waals surface area contributed by atoms with Crippen molar-refractivity contribution < 1.29 is 9.18 Å². The third-order valence-electron chi connectivity index (χ3n) is 2.71. The molecule has 0 aliphatic heterocycles. The largest absolute Gasteiger partial charge is 0.319 e. The van der Waals surface area contributed by atoms with Crippen molar-refractivity contribution >= 4 is 39.1 Å². The third-order valence-corrected chi connectivity index (χ3v) is 3.86. The Bertz CT molecular complexity index is 645. The highest BCUT2D eigenvalue weighted by Crippen LogP contribution is 2.24. The van der Waals surface area contributed by atoms with Crippen LogP contribution in [0, 0.1) is 12.7 Å². The molecule has 0 spiro atoms. The van der Waals surface area contributed by atoms with Crippen LogP contribution in [0.1, 0.15) is 15.9 Å². The van der Waals surface area contributed by atoms with Gasteiger partial charge in [0.2, 0.25) is 0 Å². The van der Waals surface area contributed by atoms with E-state index in [2.05, 4.69) is 21.2 Å². The first-order valence-corrected chi connectivity index (χ1v) is 6.68. The Morgan fingerprint density at radius 3 is 2.68 bits per heavy atom. The summed E-state index contributed by atoms with van der Waals surface area (Å²) in [5, 5.41) is 2.49. The number of carbonyl (C=O) groups excluding carboxylic acids is 1. The van der Waals surface area contributed by atoms with Crippen LogP contribution in [0.25, 0.3) is 0 Å². The fourth-order valence-corrected chi connectivity index (χ4v) is 2.18. The van der Waals surface area contributed by atoms with Crippen molar-refractivity contribution in [3.8, 4) is 0 Å². The van der Waals surface area contributed by atoms with Crippen LogP contribution in [-0.2, 0) is 0 Å². The van der Waals surface area contributed by atoms with Gasteiger partial charge in [-0.25, -0.2) is 4.39 Å². The topological polar surface area (TPSA) is 29.1 Å². The minimum Gasteiger partial charge on any atom is -0.319 e. The third kappa shape index (κ3) is 2.96. The van der Waals surface area contributed by atoms with Crippen LogP contribution in [0.3, 0.4) is 0 Å². The second kappa shape index (κ2) is 5.72. The predicted molar refractivity (Wildman–Crippen MR) is 78.2 cm³/mol. The van der Waals surface area contributed by atoms with Crippen LogP contribution in [0.15, 0.2) is 40.9 Å². The summed E-state index contributed by atoms with van der Waals surface area (Å²) in [6, 6.07) is 9.74. The summed E-state index contributed by atoms with van der Waals surface area (Å²) in [6.07, 6.45) is 0. The zero-order valence-corrected chi connectivity index (χ0v) is 12.3. The molecule has 2 aromatic carbocycles. The molecule has 0 atom stereocenters. The quantitative estimate of drug-likeness (QED) is 0.834. The number of nitrogens with one attached hydrogen (secondary N) is 1. The molecule has 0 aliphatic rings. The maximum atomic E-state index is 13.7. The van der Waals surface area contributed by atoms with Gasteiger partial charge in [-0.05, 0) is 36.8 Å². The van der Waals surface area contributed by atoms with Crippen LogP contribution >= 0.6 is 27.5 Å². The molecule has 5 heteroatoms. The molecule has 0 aromatic heterocycles. The van der Waals surface area contributed by atoms with Crippen molar-refractivity contribution in [1.29, 1.82) is 0 Å². The zero-order valence-electron chi connectivity index (χ0n) is 10.0. The minimum atomic E-state index is -0.634. The van der Waals surface area contributed by atoms with Gasteiger partial charge < -0.3 is 5.32 Å². The van der Waals surface area contributed by atoms with E-state index in [-0.39, 0.29) is 16.6 Å². The maximum Gasteiger partial charge on any atom is 0.256 e. The molecule has 2 nitrogen and oxygen atoms in total. The van der Waals surface area contributed by atoms with E-state index in [1.54, 1.807) is 18.2 Å². The molecule has 19 heavy (non-hydrogen) atoms. The molecular formula is C14H10BrClFNO. The Balaban J connectivity index is 2.31. The van der Waals surface area contributed by atoms with Crippen molar-refractivity contribution in [1.82, 2.24) is 0 Å². The van der Waals surface area contributed by atoms with E-state index in [0.29, 0.717) is 5.56 Å². The number of rotatable bonds is 2. The summed E-state index contributed by atoms with van der Waals surface area (Å²) in [4.78, 5) is 12.1.